The van der Waals surface area contributed by atoms with Gasteiger partial charge in [-0.3, -0.25) is 9.59 Å². The van der Waals surface area contributed by atoms with E-state index in [-0.39, 0.29) is 17.5 Å². The molecule has 7 heteroatoms. The Hall–Kier alpha value is -2.25. The standard InChI is InChI=1S/C18H17N3O2S2/c22-17-8-7-14(15-5-2-10-24-15)19-21(17)13-4-1-9-20(12-13)18(23)16-6-3-11-25-16/h2-3,5-8,10-11,13H,1,4,9,12H2/t13-/m1/s1. The highest BCUT2D eigenvalue weighted by atomic mass is 32.1. The summed E-state index contributed by atoms with van der Waals surface area (Å²) in [6, 6.07) is 11.0. The molecule has 1 aliphatic rings. The zero-order valence-electron chi connectivity index (χ0n) is 13.5. The molecule has 4 rings (SSSR count). The van der Waals surface area contributed by atoms with Crippen molar-refractivity contribution in [2.45, 2.75) is 18.9 Å². The second kappa shape index (κ2) is 6.93. The van der Waals surface area contributed by atoms with Gasteiger partial charge in [-0.15, -0.1) is 22.7 Å². The van der Waals surface area contributed by atoms with Crippen molar-refractivity contribution in [2.75, 3.05) is 13.1 Å². The Morgan fingerprint density at radius 3 is 2.72 bits per heavy atom. The first-order valence-electron chi connectivity index (χ1n) is 8.19. The number of thiophene rings is 2. The van der Waals surface area contributed by atoms with Crippen molar-refractivity contribution < 1.29 is 4.79 Å². The highest BCUT2D eigenvalue weighted by Gasteiger charge is 2.27. The number of nitrogens with zero attached hydrogens (tertiary/aromatic N) is 3. The first kappa shape index (κ1) is 16.2. The van der Waals surface area contributed by atoms with Gasteiger partial charge in [0.1, 0.15) is 5.69 Å². The minimum absolute atomic E-state index is 0.0437. The summed E-state index contributed by atoms with van der Waals surface area (Å²) in [4.78, 5) is 28.6. The summed E-state index contributed by atoms with van der Waals surface area (Å²) in [5, 5.41) is 8.48. The van der Waals surface area contributed by atoms with Crippen molar-refractivity contribution >= 4 is 28.6 Å². The van der Waals surface area contributed by atoms with Gasteiger partial charge in [-0.1, -0.05) is 12.1 Å². The number of carbonyl (C=O) groups excluding carboxylic acids is 1. The molecule has 0 unspecified atom stereocenters. The summed E-state index contributed by atoms with van der Waals surface area (Å²) in [6.07, 6.45) is 1.73. The third kappa shape index (κ3) is 3.29. The van der Waals surface area contributed by atoms with E-state index in [9.17, 15) is 9.59 Å². The Morgan fingerprint density at radius 1 is 1.12 bits per heavy atom. The van der Waals surface area contributed by atoms with Crippen LogP contribution >= 0.6 is 22.7 Å². The maximum absolute atomic E-state index is 12.6. The van der Waals surface area contributed by atoms with Crippen molar-refractivity contribution in [1.29, 1.82) is 0 Å². The van der Waals surface area contributed by atoms with Crippen LogP contribution in [0.2, 0.25) is 0 Å². The Morgan fingerprint density at radius 2 is 1.96 bits per heavy atom. The topological polar surface area (TPSA) is 55.2 Å². The van der Waals surface area contributed by atoms with Crippen LogP contribution in [0.4, 0.5) is 0 Å². The zero-order chi connectivity index (χ0) is 17.2. The lowest BCUT2D eigenvalue weighted by Crippen LogP contribution is -2.43. The molecule has 1 aliphatic heterocycles. The van der Waals surface area contributed by atoms with E-state index in [1.165, 1.54) is 11.3 Å². The van der Waals surface area contributed by atoms with Crippen LogP contribution in [0.15, 0.2) is 52.0 Å². The molecule has 1 saturated heterocycles. The van der Waals surface area contributed by atoms with E-state index >= 15 is 0 Å². The van der Waals surface area contributed by atoms with Crippen LogP contribution in [0.5, 0.6) is 0 Å². The predicted molar refractivity (Wildman–Crippen MR) is 100 cm³/mol. The summed E-state index contributed by atoms with van der Waals surface area (Å²) >= 11 is 3.05. The molecular weight excluding hydrogens is 354 g/mol. The SMILES string of the molecule is O=C(c1cccs1)N1CCC[C@@H](n2nc(-c3cccs3)ccc2=O)C1. The van der Waals surface area contributed by atoms with E-state index in [1.54, 1.807) is 28.2 Å². The number of amides is 1. The van der Waals surface area contributed by atoms with Crippen LogP contribution < -0.4 is 5.56 Å². The van der Waals surface area contributed by atoms with E-state index in [1.807, 2.05) is 39.9 Å². The normalized spacial score (nSPS) is 17.6. The monoisotopic (exact) mass is 371 g/mol. The van der Waals surface area contributed by atoms with Gasteiger partial charge < -0.3 is 4.90 Å². The van der Waals surface area contributed by atoms with E-state index in [0.717, 1.165) is 34.8 Å². The maximum Gasteiger partial charge on any atom is 0.267 e. The number of rotatable bonds is 3. The highest BCUT2D eigenvalue weighted by molar-refractivity contribution is 7.13. The third-order valence-electron chi connectivity index (χ3n) is 4.36. The van der Waals surface area contributed by atoms with Gasteiger partial charge in [0.25, 0.3) is 11.5 Å². The second-order valence-corrected chi connectivity index (χ2v) is 7.90. The molecule has 0 aromatic carbocycles. The number of piperidine rings is 1. The molecule has 128 valence electrons. The second-order valence-electron chi connectivity index (χ2n) is 6.00. The van der Waals surface area contributed by atoms with Gasteiger partial charge in [-0.05, 0) is 41.8 Å². The van der Waals surface area contributed by atoms with Gasteiger partial charge in [0.05, 0.1) is 15.8 Å². The van der Waals surface area contributed by atoms with Gasteiger partial charge >= 0.3 is 0 Å². The smallest absolute Gasteiger partial charge is 0.267 e. The van der Waals surface area contributed by atoms with Crippen molar-refractivity contribution in [3.05, 3.63) is 62.4 Å². The summed E-state index contributed by atoms with van der Waals surface area (Å²) in [7, 11) is 0. The minimum atomic E-state index is -0.115. The van der Waals surface area contributed by atoms with Crippen LogP contribution in [0.1, 0.15) is 28.6 Å². The lowest BCUT2D eigenvalue weighted by molar-refractivity contribution is 0.0675. The van der Waals surface area contributed by atoms with Gasteiger partial charge in [0.2, 0.25) is 0 Å². The molecule has 0 spiro atoms. The number of hydrogen-bond acceptors (Lipinski definition) is 5. The van der Waals surface area contributed by atoms with Crippen LogP contribution in [-0.4, -0.2) is 33.7 Å². The van der Waals surface area contributed by atoms with Crippen molar-refractivity contribution in [2.24, 2.45) is 0 Å². The third-order valence-corrected chi connectivity index (χ3v) is 6.11. The molecule has 3 aromatic rings. The van der Waals surface area contributed by atoms with E-state index in [2.05, 4.69) is 5.10 Å². The fraction of sp³-hybridized carbons (Fsp3) is 0.278. The van der Waals surface area contributed by atoms with Crippen molar-refractivity contribution in [3.8, 4) is 10.6 Å². The van der Waals surface area contributed by atoms with E-state index in [0.29, 0.717) is 6.54 Å². The highest BCUT2D eigenvalue weighted by Crippen LogP contribution is 2.25. The maximum atomic E-state index is 12.6. The molecule has 1 atom stereocenters. The van der Waals surface area contributed by atoms with Crippen LogP contribution in [-0.2, 0) is 0 Å². The molecule has 1 amide bonds. The number of hydrogen-bond donors (Lipinski definition) is 0. The molecule has 5 nitrogen and oxygen atoms in total. The van der Waals surface area contributed by atoms with Crippen LogP contribution in [0.3, 0.4) is 0 Å². The predicted octanol–water partition coefficient (Wildman–Crippen LogP) is 3.51. The first-order chi connectivity index (χ1) is 12.2. The number of aromatic nitrogens is 2. The first-order valence-corrected chi connectivity index (χ1v) is 9.95. The Bertz CT molecular complexity index is 916. The quantitative estimate of drug-likeness (QED) is 0.708. The minimum Gasteiger partial charge on any atom is -0.336 e. The lowest BCUT2D eigenvalue weighted by Gasteiger charge is -2.32. The van der Waals surface area contributed by atoms with Crippen molar-refractivity contribution in [3.63, 3.8) is 0 Å². The molecule has 0 bridgehead atoms. The summed E-state index contributed by atoms with van der Waals surface area (Å²) in [6.45, 7) is 1.25. The zero-order valence-corrected chi connectivity index (χ0v) is 15.1. The Balaban J connectivity index is 1.60. The van der Waals surface area contributed by atoms with Gasteiger partial charge in [0.15, 0.2) is 0 Å². The average molecular weight is 371 g/mol. The number of likely N-dealkylation sites (tertiary alicyclic amines) is 1. The van der Waals surface area contributed by atoms with Crippen LogP contribution in [0.25, 0.3) is 10.6 Å². The fourth-order valence-electron chi connectivity index (χ4n) is 3.14. The number of carbonyl (C=O) groups is 1. The van der Waals surface area contributed by atoms with Gasteiger partial charge in [0, 0.05) is 19.2 Å². The van der Waals surface area contributed by atoms with E-state index < -0.39 is 0 Å². The van der Waals surface area contributed by atoms with E-state index in [4.69, 9.17) is 0 Å². The molecule has 25 heavy (non-hydrogen) atoms. The lowest BCUT2D eigenvalue weighted by atomic mass is 10.1. The summed E-state index contributed by atoms with van der Waals surface area (Å²) in [5.74, 6) is 0.0437. The largest absolute Gasteiger partial charge is 0.336 e. The molecule has 0 saturated carbocycles. The fourth-order valence-corrected chi connectivity index (χ4v) is 4.52. The molecular formula is C18H17N3O2S2. The molecule has 3 aromatic heterocycles. The van der Waals surface area contributed by atoms with Crippen LogP contribution in [0, 0.1) is 0 Å². The Labute approximate surface area is 153 Å². The average Bonchev–Trinajstić information content (AvgIpc) is 3.35. The van der Waals surface area contributed by atoms with Crippen molar-refractivity contribution in [1.82, 2.24) is 14.7 Å². The molecule has 0 aliphatic carbocycles. The molecule has 1 fully saturated rings. The van der Waals surface area contributed by atoms with Gasteiger partial charge in [-0.25, -0.2) is 4.68 Å². The molecule has 4 heterocycles. The van der Waals surface area contributed by atoms with Gasteiger partial charge in [-0.2, -0.15) is 5.10 Å². The molecule has 0 N–H and O–H groups in total. The Kier molecular flexibility index (Phi) is 4.50. The summed E-state index contributed by atoms with van der Waals surface area (Å²) in [5.41, 5.74) is 0.687. The summed E-state index contributed by atoms with van der Waals surface area (Å²) < 4.78 is 1.56. The molecule has 0 radical (unpaired) electrons.